The zero-order valence-corrected chi connectivity index (χ0v) is 15.7. The van der Waals surface area contributed by atoms with Crippen LogP contribution in [0.1, 0.15) is 16.7 Å². The molecule has 3 aromatic carbocycles. The minimum absolute atomic E-state index is 0.148. The Hall–Kier alpha value is -3.14. The average Bonchev–Trinajstić information content (AvgIpc) is 2.65. The zero-order valence-electron chi connectivity index (χ0n) is 15.7. The summed E-state index contributed by atoms with van der Waals surface area (Å²) in [6.07, 6.45) is 0.180. The van der Waals surface area contributed by atoms with Crippen molar-refractivity contribution in [2.75, 3.05) is 12.4 Å². The molecule has 3 rings (SSSR count). The molecule has 0 aliphatic heterocycles. The average molecular weight is 363 g/mol. The van der Waals surface area contributed by atoms with E-state index in [1.54, 1.807) is 19.2 Å². The molecule has 0 spiro atoms. The van der Waals surface area contributed by atoms with Gasteiger partial charge in [0.1, 0.15) is 11.6 Å². The number of carbonyl (C=O) groups is 1. The molecule has 0 saturated carbocycles. The van der Waals surface area contributed by atoms with Crippen molar-refractivity contribution in [3.8, 4) is 16.9 Å². The van der Waals surface area contributed by atoms with E-state index in [1.165, 1.54) is 12.1 Å². The number of ether oxygens (including phenoxy) is 1. The highest BCUT2D eigenvalue weighted by Crippen LogP contribution is 2.37. The van der Waals surface area contributed by atoms with Crippen molar-refractivity contribution in [1.82, 2.24) is 0 Å². The van der Waals surface area contributed by atoms with E-state index in [2.05, 4.69) is 5.32 Å². The second-order valence-electron chi connectivity index (χ2n) is 6.56. The lowest BCUT2D eigenvalue weighted by Crippen LogP contribution is -2.16. The summed E-state index contributed by atoms with van der Waals surface area (Å²) in [6, 6.07) is 17.8. The Morgan fingerprint density at radius 2 is 1.70 bits per heavy atom. The van der Waals surface area contributed by atoms with Gasteiger partial charge in [-0.1, -0.05) is 42.0 Å². The van der Waals surface area contributed by atoms with Crippen LogP contribution in [0, 0.1) is 19.7 Å². The number of hydrogen-bond acceptors (Lipinski definition) is 2. The maximum Gasteiger partial charge on any atom is 0.228 e. The lowest BCUT2D eigenvalue weighted by Gasteiger charge is -2.17. The van der Waals surface area contributed by atoms with Crippen LogP contribution in [-0.2, 0) is 11.2 Å². The quantitative estimate of drug-likeness (QED) is 0.668. The number of methoxy groups -OCH3 is 1. The highest BCUT2D eigenvalue weighted by atomic mass is 19.1. The molecule has 0 bridgehead atoms. The Labute approximate surface area is 158 Å². The molecule has 1 amide bonds. The molecule has 0 heterocycles. The highest BCUT2D eigenvalue weighted by Gasteiger charge is 2.15. The van der Waals surface area contributed by atoms with Gasteiger partial charge in [0, 0.05) is 11.1 Å². The van der Waals surface area contributed by atoms with E-state index in [0.29, 0.717) is 0 Å². The summed E-state index contributed by atoms with van der Waals surface area (Å²) in [7, 11) is 1.63. The predicted molar refractivity (Wildman–Crippen MR) is 107 cm³/mol. The van der Waals surface area contributed by atoms with Gasteiger partial charge in [-0.25, -0.2) is 4.39 Å². The number of carbonyl (C=O) groups excluding carboxylic acids is 1. The van der Waals surface area contributed by atoms with Crippen LogP contribution in [0.5, 0.6) is 5.75 Å². The van der Waals surface area contributed by atoms with Crippen LogP contribution < -0.4 is 10.1 Å². The number of halogens is 1. The molecule has 3 aromatic rings. The Morgan fingerprint density at radius 1 is 1.00 bits per heavy atom. The summed E-state index contributed by atoms with van der Waals surface area (Å²) in [5.41, 5.74) is 5.43. The summed E-state index contributed by atoms with van der Waals surface area (Å²) in [6.45, 7) is 4.00. The van der Waals surface area contributed by atoms with Gasteiger partial charge in [-0.3, -0.25) is 4.79 Å². The largest absolute Gasteiger partial charge is 0.496 e. The molecular weight excluding hydrogens is 341 g/mol. The van der Waals surface area contributed by atoms with Gasteiger partial charge < -0.3 is 10.1 Å². The third-order valence-corrected chi connectivity index (χ3v) is 4.42. The molecule has 3 nitrogen and oxygen atoms in total. The van der Waals surface area contributed by atoms with Crippen molar-refractivity contribution in [3.63, 3.8) is 0 Å². The van der Waals surface area contributed by atoms with E-state index >= 15 is 0 Å². The summed E-state index contributed by atoms with van der Waals surface area (Å²) < 4.78 is 18.6. The molecule has 138 valence electrons. The number of aryl methyl sites for hydroxylation is 2. The molecule has 0 atom stereocenters. The molecule has 0 fully saturated rings. The van der Waals surface area contributed by atoms with Crippen LogP contribution in [0.2, 0.25) is 0 Å². The Balaban J connectivity index is 1.95. The number of anilines is 1. The molecule has 1 N–H and O–H groups in total. The van der Waals surface area contributed by atoms with Crippen molar-refractivity contribution in [2.24, 2.45) is 0 Å². The van der Waals surface area contributed by atoms with Crippen LogP contribution in [-0.4, -0.2) is 13.0 Å². The summed E-state index contributed by atoms with van der Waals surface area (Å²) in [4.78, 5) is 12.6. The molecule has 0 aliphatic carbocycles. The highest BCUT2D eigenvalue weighted by molar-refractivity contribution is 5.98. The Bertz CT molecular complexity index is 965. The minimum Gasteiger partial charge on any atom is -0.496 e. The maximum absolute atomic E-state index is 13.1. The molecule has 0 aliphatic rings. The molecule has 0 radical (unpaired) electrons. The van der Waals surface area contributed by atoms with E-state index in [1.807, 2.05) is 50.2 Å². The standard InChI is InChI=1S/C23H22FNO2/c1-15-12-16(2)23(20(13-15)19-6-4-5-7-21(19)27-3)25-22(26)14-17-8-10-18(24)11-9-17/h4-13H,14H2,1-3H3,(H,25,26). The molecule has 4 heteroatoms. The summed E-state index contributed by atoms with van der Waals surface area (Å²) >= 11 is 0. The monoisotopic (exact) mass is 363 g/mol. The van der Waals surface area contributed by atoms with Gasteiger partial charge in [-0.05, 0) is 49.2 Å². The first-order valence-corrected chi connectivity index (χ1v) is 8.77. The van der Waals surface area contributed by atoms with Crippen molar-refractivity contribution in [2.45, 2.75) is 20.3 Å². The first-order valence-electron chi connectivity index (χ1n) is 8.77. The predicted octanol–water partition coefficient (Wildman–Crippen LogP) is 5.30. The van der Waals surface area contributed by atoms with Gasteiger partial charge in [0.15, 0.2) is 0 Å². The van der Waals surface area contributed by atoms with Crippen molar-refractivity contribution >= 4 is 11.6 Å². The fourth-order valence-corrected chi connectivity index (χ4v) is 3.18. The van der Waals surface area contributed by atoms with Crippen molar-refractivity contribution in [1.29, 1.82) is 0 Å². The van der Waals surface area contributed by atoms with Crippen LogP contribution >= 0.6 is 0 Å². The molecule has 27 heavy (non-hydrogen) atoms. The molecular formula is C23H22FNO2. The van der Waals surface area contributed by atoms with Crippen LogP contribution in [0.4, 0.5) is 10.1 Å². The molecule has 0 unspecified atom stereocenters. The second kappa shape index (κ2) is 8.04. The zero-order chi connectivity index (χ0) is 19.4. The van der Waals surface area contributed by atoms with Crippen LogP contribution in [0.15, 0.2) is 60.7 Å². The fourth-order valence-electron chi connectivity index (χ4n) is 3.18. The number of rotatable bonds is 5. The van der Waals surface area contributed by atoms with Gasteiger partial charge in [-0.2, -0.15) is 0 Å². The van der Waals surface area contributed by atoms with Crippen LogP contribution in [0.3, 0.4) is 0 Å². The van der Waals surface area contributed by atoms with Gasteiger partial charge in [0.05, 0.1) is 19.2 Å². The van der Waals surface area contributed by atoms with Crippen LogP contribution in [0.25, 0.3) is 11.1 Å². The number of para-hydroxylation sites is 1. The van der Waals surface area contributed by atoms with Crippen molar-refractivity contribution < 1.29 is 13.9 Å². The fraction of sp³-hybridized carbons (Fsp3) is 0.174. The first-order chi connectivity index (χ1) is 13.0. The number of nitrogens with one attached hydrogen (secondary N) is 1. The first kappa shape index (κ1) is 18.6. The van der Waals surface area contributed by atoms with E-state index in [-0.39, 0.29) is 18.1 Å². The van der Waals surface area contributed by atoms with Gasteiger partial charge in [0.2, 0.25) is 5.91 Å². The Kier molecular flexibility index (Phi) is 5.55. The van der Waals surface area contributed by atoms with E-state index in [0.717, 1.165) is 39.3 Å². The third-order valence-electron chi connectivity index (χ3n) is 4.42. The smallest absolute Gasteiger partial charge is 0.228 e. The van der Waals surface area contributed by atoms with Gasteiger partial charge >= 0.3 is 0 Å². The lowest BCUT2D eigenvalue weighted by atomic mass is 9.97. The minimum atomic E-state index is -0.313. The number of hydrogen-bond donors (Lipinski definition) is 1. The van der Waals surface area contributed by atoms with E-state index in [4.69, 9.17) is 4.74 Å². The summed E-state index contributed by atoms with van der Waals surface area (Å²) in [5.74, 6) is 0.285. The van der Waals surface area contributed by atoms with Crippen molar-refractivity contribution in [3.05, 3.63) is 83.2 Å². The van der Waals surface area contributed by atoms with Gasteiger partial charge in [-0.15, -0.1) is 0 Å². The number of amides is 1. The topological polar surface area (TPSA) is 38.3 Å². The molecule has 0 aromatic heterocycles. The van der Waals surface area contributed by atoms with E-state index in [9.17, 15) is 9.18 Å². The maximum atomic E-state index is 13.1. The molecule has 0 saturated heterocycles. The third kappa shape index (κ3) is 4.34. The Morgan fingerprint density at radius 3 is 2.41 bits per heavy atom. The lowest BCUT2D eigenvalue weighted by molar-refractivity contribution is -0.115. The SMILES string of the molecule is COc1ccccc1-c1cc(C)cc(C)c1NC(=O)Cc1ccc(F)cc1. The van der Waals surface area contributed by atoms with E-state index < -0.39 is 0 Å². The second-order valence-corrected chi connectivity index (χ2v) is 6.56. The normalized spacial score (nSPS) is 10.5. The number of benzene rings is 3. The van der Waals surface area contributed by atoms with Gasteiger partial charge in [0.25, 0.3) is 0 Å². The summed E-state index contributed by atoms with van der Waals surface area (Å²) in [5, 5.41) is 3.03.